The number of benzene rings is 1. The van der Waals surface area contributed by atoms with Gasteiger partial charge in [0.05, 0.1) is 29.6 Å². The maximum atomic E-state index is 5.98. The zero-order valence-corrected chi connectivity index (χ0v) is 15.5. The Hall–Kier alpha value is -2.71. The van der Waals surface area contributed by atoms with Crippen LogP contribution in [0.2, 0.25) is 5.02 Å². The number of aromatic amines is 1. The highest BCUT2D eigenvalue weighted by Crippen LogP contribution is 2.21. The number of nitrogens with zero attached hydrogens (tertiary/aromatic N) is 6. The monoisotopic (exact) mass is 385 g/mol. The smallest absolute Gasteiger partial charge is 0.200 e. The van der Waals surface area contributed by atoms with Gasteiger partial charge in [0, 0.05) is 12.4 Å². The fourth-order valence-electron chi connectivity index (χ4n) is 2.81. The molecule has 26 heavy (non-hydrogen) atoms. The van der Waals surface area contributed by atoms with Gasteiger partial charge in [-0.05, 0) is 24.7 Å². The van der Waals surface area contributed by atoms with Gasteiger partial charge >= 0.3 is 0 Å². The minimum absolute atomic E-state index is 0.145. The van der Waals surface area contributed by atoms with Gasteiger partial charge in [-0.15, -0.1) is 0 Å². The molecule has 0 aliphatic rings. The third-order valence-electron chi connectivity index (χ3n) is 4.10. The molecule has 1 N–H and O–H groups in total. The molecule has 0 bridgehead atoms. The van der Waals surface area contributed by atoms with Crippen LogP contribution in [0.1, 0.15) is 24.4 Å². The molecular weight excluding hydrogens is 370 g/mol. The van der Waals surface area contributed by atoms with E-state index >= 15 is 0 Å². The van der Waals surface area contributed by atoms with E-state index in [4.69, 9.17) is 23.8 Å². The van der Waals surface area contributed by atoms with Crippen LogP contribution >= 0.6 is 23.8 Å². The lowest BCUT2D eigenvalue weighted by Crippen LogP contribution is -2.13. The number of H-pyrrole nitrogens is 1. The number of rotatable bonds is 5. The van der Waals surface area contributed by atoms with Crippen molar-refractivity contribution in [2.24, 2.45) is 0 Å². The van der Waals surface area contributed by atoms with Crippen molar-refractivity contribution >= 4 is 23.8 Å². The summed E-state index contributed by atoms with van der Waals surface area (Å²) in [5.41, 5.74) is 2.03. The molecule has 1 atom stereocenters. The fraction of sp³-hybridized carbons (Fsp3) is 0.176. The van der Waals surface area contributed by atoms with Gasteiger partial charge in [0.15, 0.2) is 10.6 Å². The van der Waals surface area contributed by atoms with Gasteiger partial charge in [-0.1, -0.05) is 41.9 Å². The SMILES string of the molecule is C[C@@H](c1n[nH]c(=S)n1-c1cnn(Cc2ccccc2)c1)n1cc(Cl)cn1. The average Bonchev–Trinajstić information content (AvgIpc) is 3.35. The maximum absolute atomic E-state index is 5.98. The van der Waals surface area contributed by atoms with Crippen LogP contribution in [0.3, 0.4) is 0 Å². The summed E-state index contributed by atoms with van der Waals surface area (Å²) in [5, 5.41) is 16.5. The van der Waals surface area contributed by atoms with E-state index in [0.717, 1.165) is 11.5 Å². The number of hydrogen-bond acceptors (Lipinski definition) is 4. The van der Waals surface area contributed by atoms with Gasteiger partial charge in [-0.2, -0.15) is 15.3 Å². The summed E-state index contributed by atoms with van der Waals surface area (Å²) in [6.07, 6.45) is 7.08. The van der Waals surface area contributed by atoms with E-state index in [1.54, 1.807) is 23.3 Å². The first-order chi connectivity index (χ1) is 12.6. The molecule has 7 nitrogen and oxygen atoms in total. The maximum Gasteiger partial charge on any atom is 0.200 e. The van der Waals surface area contributed by atoms with E-state index in [1.165, 1.54) is 5.56 Å². The van der Waals surface area contributed by atoms with Crippen LogP contribution in [0.4, 0.5) is 0 Å². The van der Waals surface area contributed by atoms with E-state index in [9.17, 15) is 0 Å². The summed E-state index contributed by atoms with van der Waals surface area (Å²) in [5.74, 6) is 0.731. The molecule has 9 heteroatoms. The first-order valence-electron chi connectivity index (χ1n) is 8.05. The highest BCUT2D eigenvalue weighted by Gasteiger charge is 2.19. The Bertz CT molecular complexity index is 1080. The van der Waals surface area contributed by atoms with E-state index < -0.39 is 0 Å². The molecule has 0 saturated heterocycles. The summed E-state index contributed by atoms with van der Waals surface area (Å²) in [6.45, 7) is 2.67. The molecule has 3 heterocycles. The molecule has 4 aromatic rings. The molecule has 0 aliphatic heterocycles. The van der Waals surface area contributed by atoms with E-state index in [-0.39, 0.29) is 6.04 Å². The lowest BCUT2D eigenvalue weighted by Gasteiger charge is -2.12. The molecule has 0 fully saturated rings. The second-order valence-corrected chi connectivity index (χ2v) is 6.74. The summed E-state index contributed by atoms with van der Waals surface area (Å²) in [7, 11) is 0. The van der Waals surface area contributed by atoms with Gasteiger partial charge in [0.25, 0.3) is 0 Å². The first kappa shape index (κ1) is 16.7. The number of nitrogens with one attached hydrogen (secondary N) is 1. The molecule has 0 aliphatic carbocycles. The third-order valence-corrected chi connectivity index (χ3v) is 4.57. The zero-order valence-electron chi connectivity index (χ0n) is 14.0. The highest BCUT2D eigenvalue weighted by atomic mass is 35.5. The van der Waals surface area contributed by atoms with Crippen molar-refractivity contribution < 1.29 is 0 Å². The zero-order chi connectivity index (χ0) is 18.1. The van der Waals surface area contributed by atoms with Gasteiger partial charge < -0.3 is 0 Å². The van der Waals surface area contributed by atoms with E-state index in [2.05, 4.69) is 32.5 Å². The fourth-order valence-corrected chi connectivity index (χ4v) is 3.20. The predicted molar refractivity (Wildman–Crippen MR) is 101 cm³/mol. The van der Waals surface area contributed by atoms with Gasteiger partial charge in [0.2, 0.25) is 0 Å². The van der Waals surface area contributed by atoms with Crippen molar-refractivity contribution in [2.45, 2.75) is 19.5 Å². The molecule has 0 unspecified atom stereocenters. The number of hydrogen-bond donors (Lipinski definition) is 1. The topological polar surface area (TPSA) is 69.2 Å². The van der Waals surface area contributed by atoms with Crippen LogP contribution in [-0.4, -0.2) is 34.3 Å². The Labute approximate surface area is 159 Å². The molecular formula is C17H16ClN7S. The van der Waals surface area contributed by atoms with Crippen molar-refractivity contribution in [2.75, 3.05) is 0 Å². The minimum atomic E-state index is -0.145. The van der Waals surface area contributed by atoms with Gasteiger partial charge in [0.1, 0.15) is 6.04 Å². The van der Waals surface area contributed by atoms with E-state index in [1.807, 2.05) is 40.6 Å². The summed E-state index contributed by atoms with van der Waals surface area (Å²) in [4.78, 5) is 0. The summed E-state index contributed by atoms with van der Waals surface area (Å²) >= 11 is 11.4. The molecule has 0 amide bonds. The second-order valence-electron chi connectivity index (χ2n) is 5.92. The Balaban J connectivity index is 1.66. The van der Waals surface area contributed by atoms with Crippen LogP contribution < -0.4 is 0 Å². The highest BCUT2D eigenvalue weighted by molar-refractivity contribution is 7.71. The van der Waals surface area contributed by atoms with Gasteiger partial charge in [-0.3, -0.25) is 19.0 Å². The van der Waals surface area contributed by atoms with Crippen LogP contribution in [-0.2, 0) is 6.54 Å². The van der Waals surface area contributed by atoms with Crippen molar-refractivity contribution in [1.82, 2.24) is 34.3 Å². The lowest BCUT2D eigenvalue weighted by atomic mass is 10.2. The Morgan fingerprint density at radius 1 is 1.15 bits per heavy atom. The molecule has 0 spiro atoms. The standard InChI is InChI=1S/C17H16ClN7S/c1-12(24-10-14(18)7-20-24)16-21-22-17(26)25(16)15-8-19-23(11-15)9-13-5-3-2-4-6-13/h2-8,10-12H,9H2,1H3,(H,22,26)/t12-/m0/s1. The first-order valence-corrected chi connectivity index (χ1v) is 8.84. The Morgan fingerprint density at radius 2 is 1.96 bits per heavy atom. The molecule has 132 valence electrons. The van der Waals surface area contributed by atoms with Crippen molar-refractivity contribution in [3.05, 3.63) is 76.3 Å². The van der Waals surface area contributed by atoms with E-state index in [0.29, 0.717) is 16.3 Å². The second kappa shape index (κ2) is 6.89. The predicted octanol–water partition coefficient (Wildman–Crippen LogP) is 3.63. The normalized spacial score (nSPS) is 12.4. The average molecular weight is 386 g/mol. The summed E-state index contributed by atoms with van der Waals surface area (Å²) in [6, 6.07) is 10.0. The molecule has 0 saturated carbocycles. The minimum Gasteiger partial charge on any atom is -0.267 e. The Kier molecular flexibility index (Phi) is 4.44. The molecule has 0 radical (unpaired) electrons. The Morgan fingerprint density at radius 3 is 2.69 bits per heavy atom. The largest absolute Gasteiger partial charge is 0.267 e. The van der Waals surface area contributed by atoms with Crippen LogP contribution in [0.5, 0.6) is 0 Å². The molecule has 4 rings (SSSR count). The third kappa shape index (κ3) is 3.21. The van der Waals surface area contributed by atoms with Crippen LogP contribution in [0.15, 0.2) is 55.1 Å². The lowest BCUT2D eigenvalue weighted by molar-refractivity contribution is 0.527. The van der Waals surface area contributed by atoms with Gasteiger partial charge in [-0.25, -0.2) is 0 Å². The number of halogens is 1. The van der Waals surface area contributed by atoms with Crippen LogP contribution in [0.25, 0.3) is 5.69 Å². The summed E-state index contributed by atoms with van der Waals surface area (Å²) < 4.78 is 5.99. The quantitative estimate of drug-likeness (QED) is 0.532. The number of aromatic nitrogens is 7. The van der Waals surface area contributed by atoms with Crippen molar-refractivity contribution in [3.8, 4) is 5.69 Å². The molecule has 3 aromatic heterocycles. The van der Waals surface area contributed by atoms with Crippen molar-refractivity contribution in [3.63, 3.8) is 0 Å². The van der Waals surface area contributed by atoms with Crippen molar-refractivity contribution in [1.29, 1.82) is 0 Å². The van der Waals surface area contributed by atoms with Crippen LogP contribution in [0, 0.1) is 4.77 Å². The molecule has 1 aromatic carbocycles.